The topological polar surface area (TPSA) is 24.9 Å². The fourth-order valence-electron chi connectivity index (χ4n) is 1.29. The Morgan fingerprint density at radius 1 is 1.31 bits per heavy atom. The van der Waals surface area contributed by atoms with Gasteiger partial charge in [0.05, 0.1) is 5.56 Å². The standard InChI is InChI=1S/C11H15F3N2/c1-2-3-4-6-15-10-8-9(5-7-16-10)11(12,13)14/h5,7-8H,2-4,6H2,1H3,(H,15,16). The summed E-state index contributed by atoms with van der Waals surface area (Å²) in [7, 11) is 0. The number of unbranched alkanes of at least 4 members (excludes halogenated alkanes) is 2. The predicted octanol–water partition coefficient (Wildman–Crippen LogP) is 3.70. The molecule has 0 amide bonds. The number of pyridine rings is 1. The number of aromatic nitrogens is 1. The molecule has 0 aliphatic heterocycles. The second-order valence-corrected chi connectivity index (χ2v) is 3.56. The van der Waals surface area contributed by atoms with E-state index in [1.807, 2.05) is 0 Å². The Kier molecular flexibility index (Phi) is 4.58. The van der Waals surface area contributed by atoms with Gasteiger partial charge in [-0.2, -0.15) is 13.2 Å². The minimum absolute atomic E-state index is 0.283. The first-order valence-electron chi connectivity index (χ1n) is 5.31. The Hall–Kier alpha value is -1.26. The lowest BCUT2D eigenvalue weighted by Gasteiger charge is -2.09. The lowest BCUT2D eigenvalue weighted by molar-refractivity contribution is -0.137. The highest BCUT2D eigenvalue weighted by atomic mass is 19.4. The summed E-state index contributed by atoms with van der Waals surface area (Å²) in [4.78, 5) is 3.84. The van der Waals surface area contributed by atoms with Crippen LogP contribution in [0.15, 0.2) is 18.3 Å². The van der Waals surface area contributed by atoms with E-state index in [4.69, 9.17) is 0 Å². The maximum atomic E-state index is 12.4. The van der Waals surface area contributed by atoms with Crippen molar-refractivity contribution in [2.75, 3.05) is 11.9 Å². The van der Waals surface area contributed by atoms with Gasteiger partial charge in [0.15, 0.2) is 0 Å². The molecule has 0 aliphatic carbocycles. The second-order valence-electron chi connectivity index (χ2n) is 3.56. The Morgan fingerprint density at radius 2 is 2.06 bits per heavy atom. The molecule has 0 unspecified atom stereocenters. The zero-order valence-electron chi connectivity index (χ0n) is 9.14. The monoisotopic (exact) mass is 232 g/mol. The van der Waals surface area contributed by atoms with E-state index in [0.717, 1.165) is 31.4 Å². The minimum atomic E-state index is -4.30. The number of hydrogen-bond donors (Lipinski definition) is 1. The summed E-state index contributed by atoms with van der Waals surface area (Å²) in [6, 6.07) is 2.00. The highest BCUT2D eigenvalue weighted by Gasteiger charge is 2.30. The highest BCUT2D eigenvalue weighted by Crippen LogP contribution is 2.29. The van der Waals surface area contributed by atoms with Crippen molar-refractivity contribution in [3.05, 3.63) is 23.9 Å². The number of anilines is 1. The van der Waals surface area contributed by atoms with Crippen LogP contribution in [-0.4, -0.2) is 11.5 Å². The highest BCUT2D eigenvalue weighted by molar-refractivity contribution is 5.38. The zero-order valence-corrected chi connectivity index (χ0v) is 9.14. The van der Waals surface area contributed by atoms with E-state index in [2.05, 4.69) is 17.2 Å². The molecule has 90 valence electrons. The number of alkyl halides is 3. The fourth-order valence-corrected chi connectivity index (χ4v) is 1.29. The van der Waals surface area contributed by atoms with Gasteiger partial charge >= 0.3 is 6.18 Å². The molecule has 1 rings (SSSR count). The van der Waals surface area contributed by atoms with Crippen LogP contribution >= 0.6 is 0 Å². The molecular formula is C11H15F3N2. The quantitative estimate of drug-likeness (QED) is 0.783. The van der Waals surface area contributed by atoms with E-state index < -0.39 is 11.7 Å². The van der Waals surface area contributed by atoms with Crippen LogP contribution in [0.2, 0.25) is 0 Å². The van der Waals surface area contributed by atoms with E-state index in [1.54, 1.807) is 0 Å². The van der Waals surface area contributed by atoms with Crippen molar-refractivity contribution in [1.29, 1.82) is 0 Å². The number of halogens is 3. The van der Waals surface area contributed by atoms with E-state index >= 15 is 0 Å². The first-order valence-corrected chi connectivity index (χ1v) is 5.31. The molecule has 0 aliphatic rings. The lowest BCUT2D eigenvalue weighted by Crippen LogP contribution is -2.08. The third-order valence-corrected chi connectivity index (χ3v) is 2.17. The Bertz CT molecular complexity index is 323. The maximum Gasteiger partial charge on any atom is 0.416 e. The molecule has 2 nitrogen and oxygen atoms in total. The van der Waals surface area contributed by atoms with Gasteiger partial charge in [-0.1, -0.05) is 19.8 Å². The molecular weight excluding hydrogens is 217 g/mol. The third-order valence-electron chi connectivity index (χ3n) is 2.17. The summed E-state index contributed by atoms with van der Waals surface area (Å²) in [5.74, 6) is 0.283. The van der Waals surface area contributed by atoms with E-state index in [9.17, 15) is 13.2 Å². The van der Waals surface area contributed by atoms with E-state index in [-0.39, 0.29) is 5.82 Å². The predicted molar refractivity (Wildman–Crippen MR) is 57.3 cm³/mol. The molecule has 1 N–H and O–H groups in total. The molecule has 0 fully saturated rings. The summed E-state index contributed by atoms with van der Waals surface area (Å²) >= 11 is 0. The normalized spacial score (nSPS) is 11.5. The number of rotatable bonds is 5. The zero-order chi connectivity index (χ0) is 12.0. The average molecular weight is 232 g/mol. The molecule has 0 aromatic carbocycles. The molecule has 5 heteroatoms. The van der Waals surface area contributed by atoms with Gasteiger partial charge in [-0.25, -0.2) is 4.98 Å². The van der Waals surface area contributed by atoms with Crippen LogP contribution in [0.4, 0.5) is 19.0 Å². The molecule has 0 radical (unpaired) electrons. The fraction of sp³-hybridized carbons (Fsp3) is 0.545. The first-order chi connectivity index (χ1) is 7.54. The van der Waals surface area contributed by atoms with Crippen molar-refractivity contribution < 1.29 is 13.2 Å². The second kappa shape index (κ2) is 5.72. The summed E-state index contributed by atoms with van der Waals surface area (Å²) in [6.07, 6.45) is -0.0497. The lowest BCUT2D eigenvalue weighted by atomic mass is 10.2. The molecule has 0 spiro atoms. The van der Waals surface area contributed by atoms with Crippen molar-refractivity contribution >= 4 is 5.82 Å². The van der Waals surface area contributed by atoms with Crippen LogP contribution in [0.5, 0.6) is 0 Å². The van der Waals surface area contributed by atoms with Crippen molar-refractivity contribution in [3.8, 4) is 0 Å². The summed E-state index contributed by atoms with van der Waals surface area (Å²) in [5.41, 5.74) is -0.666. The van der Waals surface area contributed by atoms with Gasteiger partial charge in [-0.05, 0) is 18.6 Å². The van der Waals surface area contributed by atoms with E-state index in [1.165, 1.54) is 6.20 Å². The van der Waals surface area contributed by atoms with Crippen LogP contribution in [0.3, 0.4) is 0 Å². The molecule has 1 aromatic heterocycles. The summed E-state index contributed by atoms with van der Waals surface area (Å²) < 4.78 is 37.1. The number of nitrogens with zero attached hydrogens (tertiary/aromatic N) is 1. The molecule has 1 heterocycles. The smallest absolute Gasteiger partial charge is 0.370 e. The van der Waals surface area contributed by atoms with Gasteiger partial charge in [-0.15, -0.1) is 0 Å². The maximum absolute atomic E-state index is 12.4. The average Bonchev–Trinajstić information content (AvgIpc) is 2.24. The van der Waals surface area contributed by atoms with Crippen molar-refractivity contribution in [1.82, 2.24) is 4.98 Å². The van der Waals surface area contributed by atoms with E-state index in [0.29, 0.717) is 6.54 Å². The Labute approximate surface area is 92.9 Å². The van der Waals surface area contributed by atoms with Gasteiger partial charge in [0.2, 0.25) is 0 Å². The van der Waals surface area contributed by atoms with Crippen molar-refractivity contribution in [2.45, 2.75) is 32.4 Å². The van der Waals surface area contributed by atoms with Gasteiger partial charge in [0.1, 0.15) is 5.82 Å². The first kappa shape index (κ1) is 12.8. The SMILES string of the molecule is CCCCCNc1cc(C(F)(F)F)ccn1. The van der Waals surface area contributed by atoms with Gasteiger partial charge in [-0.3, -0.25) is 0 Å². The van der Waals surface area contributed by atoms with Crippen LogP contribution in [0.1, 0.15) is 31.7 Å². The van der Waals surface area contributed by atoms with Crippen LogP contribution < -0.4 is 5.32 Å². The molecule has 0 atom stereocenters. The van der Waals surface area contributed by atoms with Crippen molar-refractivity contribution in [3.63, 3.8) is 0 Å². The largest absolute Gasteiger partial charge is 0.416 e. The Morgan fingerprint density at radius 3 is 2.69 bits per heavy atom. The summed E-state index contributed by atoms with van der Waals surface area (Å²) in [6.45, 7) is 2.73. The molecule has 0 saturated carbocycles. The number of nitrogens with one attached hydrogen (secondary N) is 1. The molecule has 0 saturated heterocycles. The number of hydrogen-bond acceptors (Lipinski definition) is 2. The minimum Gasteiger partial charge on any atom is -0.370 e. The van der Waals surface area contributed by atoms with Crippen molar-refractivity contribution in [2.24, 2.45) is 0 Å². The molecule has 0 bridgehead atoms. The molecule has 1 aromatic rings. The third kappa shape index (κ3) is 4.08. The molecule has 16 heavy (non-hydrogen) atoms. The van der Waals surface area contributed by atoms with Crippen LogP contribution in [0, 0.1) is 0 Å². The van der Waals surface area contributed by atoms with Gasteiger partial charge in [0, 0.05) is 12.7 Å². The van der Waals surface area contributed by atoms with Gasteiger partial charge < -0.3 is 5.32 Å². The van der Waals surface area contributed by atoms with Crippen LogP contribution in [0.25, 0.3) is 0 Å². The van der Waals surface area contributed by atoms with Crippen LogP contribution in [-0.2, 0) is 6.18 Å². The Balaban J connectivity index is 2.54. The van der Waals surface area contributed by atoms with Gasteiger partial charge in [0.25, 0.3) is 0 Å². The summed E-state index contributed by atoms with van der Waals surface area (Å²) in [5, 5.41) is 2.88.